The van der Waals surface area contributed by atoms with Crippen molar-refractivity contribution in [2.24, 2.45) is 0 Å². The highest BCUT2D eigenvalue weighted by Gasteiger charge is 2.01. The van der Waals surface area contributed by atoms with Crippen LogP contribution >= 0.6 is 27.7 Å². The van der Waals surface area contributed by atoms with Crippen LogP contribution in [0.5, 0.6) is 0 Å². The van der Waals surface area contributed by atoms with E-state index in [1.807, 2.05) is 30.0 Å². The van der Waals surface area contributed by atoms with Crippen LogP contribution in [-0.2, 0) is 0 Å². The number of halogens is 1. The highest BCUT2D eigenvalue weighted by atomic mass is 79.9. The molecule has 0 aromatic heterocycles. The number of nitrogens with zero attached hydrogens (tertiary/aromatic N) is 1. The highest BCUT2D eigenvalue weighted by molar-refractivity contribution is 9.10. The fourth-order valence-corrected chi connectivity index (χ4v) is 2.06. The first-order valence-electron chi connectivity index (χ1n) is 4.79. The summed E-state index contributed by atoms with van der Waals surface area (Å²) >= 11 is 5.28. The van der Waals surface area contributed by atoms with Gasteiger partial charge in [0.05, 0.1) is 11.3 Å². The van der Waals surface area contributed by atoms with E-state index in [4.69, 9.17) is 5.26 Å². The quantitative estimate of drug-likeness (QED) is 0.841. The average molecular weight is 285 g/mol. The Bertz CT molecular complexity index is 360. The van der Waals surface area contributed by atoms with Gasteiger partial charge in [-0.2, -0.15) is 17.0 Å². The third-order valence-electron chi connectivity index (χ3n) is 1.87. The SMILES string of the molecule is CCSCCNc1cc(Br)ccc1C#N. The topological polar surface area (TPSA) is 35.8 Å². The molecule has 0 saturated heterocycles. The van der Waals surface area contributed by atoms with Crippen LogP contribution in [0.1, 0.15) is 12.5 Å². The third kappa shape index (κ3) is 4.15. The van der Waals surface area contributed by atoms with Crippen LogP contribution in [0, 0.1) is 11.3 Å². The fraction of sp³-hybridized carbons (Fsp3) is 0.364. The number of anilines is 1. The van der Waals surface area contributed by atoms with Gasteiger partial charge >= 0.3 is 0 Å². The first-order valence-corrected chi connectivity index (χ1v) is 6.74. The summed E-state index contributed by atoms with van der Waals surface area (Å²) in [5, 5.41) is 12.2. The maximum atomic E-state index is 8.90. The van der Waals surface area contributed by atoms with Gasteiger partial charge in [-0.25, -0.2) is 0 Å². The largest absolute Gasteiger partial charge is 0.383 e. The van der Waals surface area contributed by atoms with Gasteiger partial charge < -0.3 is 5.32 Å². The van der Waals surface area contributed by atoms with Gasteiger partial charge in [-0.1, -0.05) is 22.9 Å². The van der Waals surface area contributed by atoms with E-state index in [-0.39, 0.29) is 0 Å². The maximum Gasteiger partial charge on any atom is 0.101 e. The molecule has 0 atom stereocenters. The first-order chi connectivity index (χ1) is 7.27. The van der Waals surface area contributed by atoms with Crippen LogP contribution < -0.4 is 5.32 Å². The van der Waals surface area contributed by atoms with Gasteiger partial charge in [-0.05, 0) is 24.0 Å². The molecule has 2 nitrogen and oxygen atoms in total. The molecule has 1 N–H and O–H groups in total. The van der Waals surface area contributed by atoms with Crippen molar-refractivity contribution in [1.82, 2.24) is 0 Å². The molecular weight excluding hydrogens is 272 g/mol. The van der Waals surface area contributed by atoms with Crippen LogP contribution in [0.3, 0.4) is 0 Å². The number of nitrogens with one attached hydrogen (secondary N) is 1. The molecular formula is C11H13BrN2S. The van der Waals surface area contributed by atoms with Crippen molar-refractivity contribution in [3.8, 4) is 6.07 Å². The molecule has 0 saturated carbocycles. The number of hydrogen-bond donors (Lipinski definition) is 1. The second kappa shape index (κ2) is 6.76. The van der Waals surface area contributed by atoms with Crippen molar-refractivity contribution in [2.45, 2.75) is 6.92 Å². The van der Waals surface area contributed by atoms with Crippen molar-refractivity contribution < 1.29 is 0 Å². The third-order valence-corrected chi connectivity index (χ3v) is 3.26. The molecule has 0 radical (unpaired) electrons. The number of nitriles is 1. The van der Waals surface area contributed by atoms with Gasteiger partial charge in [-0.3, -0.25) is 0 Å². The van der Waals surface area contributed by atoms with Crippen molar-refractivity contribution >= 4 is 33.4 Å². The molecule has 1 rings (SSSR count). The molecule has 0 aliphatic carbocycles. The number of hydrogen-bond acceptors (Lipinski definition) is 3. The van der Waals surface area contributed by atoms with Crippen molar-refractivity contribution in [2.75, 3.05) is 23.4 Å². The lowest BCUT2D eigenvalue weighted by Crippen LogP contribution is -2.05. The molecule has 0 spiro atoms. The van der Waals surface area contributed by atoms with Gasteiger partial charge in [0.2, 0.25) is 0 Å². The average Bonchev–Trinajstić information content (AvgIpc) is 2.25. The molecule has 0 fully saturated rings. The summed E-state index contributed by atoms with van der Waals surface area (Å²) in [5.41, 5.74) is 1.60. The molecule has 0 amide bonds. The van der Waals surface area contributed by atoms with Crippen LogP contribution in [0.15, 0.2) is 22.7 Å². The molecule has 80 valence electrons. The zero-order valence-corrected chi connectivity index (χ0v) is 11.0. The van der Waals surface area contributed by atoms with E-state index in [2.05, 4.69) is 34.2 Å². The van der Waals surface area contributed by atoms with E-state index in [0.717, 1.165) is 28.2 Å². The van der Waals surface area contributed by atoms with E-state index >= 15 is 0 Å². The van der Waals surface area contributed by atoms with Gasteiger partial charge in [0.25, 0.3) is 0 Å². The Morgan fingerprint density at radius 3 is 3.00 bits per heavy atom. The van der Waals surface area contributed by atoms with Gasteiger partial charge in [0.15, 0.2) is 0 Å². The molecule has 0 bridgehead atoms. The molecule has 0 unspecified atom stereocenters. The van der Waals surface area contributed by atoms with E-state index in [9.17, 15) is 0 Å². The summed E-state index contributed by atoms with van der Waals surface area (Å²) in [5.74, 6) is 2.19. The van der Waals surface area contributed by atoms with Crippen LogP contribution in [0.25, 0.3) is 0 Å². The minimum Gasteiger partial charge on any atom is -0.383 e. The predicted molar refractivity (Wildman–Crippen MR) is 70.3 cm³/mol. The lowest BCUT2D eigenvalue weighted by atomic mass is 10.2. The molecule has 4 heteroatoms. The van der Waals surface area contributed by atoms with Crippen LogP contribution in [0.2, 0.25) is 0 Å². The molecule has 0 aliphatic rings. The van der Waals surface area contributed by atoms with E-state index < -0.39 is 0 Å². The lowest BCUT2D eigenvalue weighted by molar-refractivity contribution is 1.22. The Labute approximate surface area is 103 Å². The second-order valence-corrected chi connectivity index (χ2v) is 5.23. The summed E-state index contributed by atoms with van der Waals surface area (Å²) in [6.07, 6.45) is 0. The summed E-state index contributed by atoms with van der Waals surface area (Å²) in [4.78, 5) is 0. The summed E-state index contributed by atoms with van der Waals surface area (Å²) < 4.78 is 0.993. The lowest BCUT2D eigenvalue weighted by Gasteiger charge is -2.07. The first kappa shape index (κ1) is 12.4. The monoisotopic (exact) mass is 284 g/mol. The normalized spacial score (nSPS) is 9.67. The van der Waals surface area contributed by atoms with Gasteiger partial charge in [0, 0.05) is 16.8 Å². The van der Waals surface area contributed by atoms with Crippen molar-refractivity contribution in [1.29, 1.82) is 5.26 Å². The summed E-state index contributed by atoms with van der Waals surface area (Å²) in [6.45, 7) is 3.04. The Kier molecular flexibility index (Phi) is 5.59. The Morgan fingerprint density at radius 1 is 1.53 bits per heavy atom. The smallest absolute Gasteiger partial charge is 0.101 e. The standard InChI is InChI=1S/C11H13BrN2S/c1-2-15-6-5-14-11-7-10(12)4-3-9(11)8-13/h3-4,7,14H,2,5-6H2,1H3. The Hall–Kier alpha value is -0.660. The zero-order valence-electron chi connectivity index (χ0n) is 8.59. The minimum absolute atomic E-state index is 0.694. The van der Waals surface area contributed by atoms with E-state index in [1.54, 1.807) is 0 Å². The van der Waals surface area contributed by atoms with Crippen molar-refractivity contribution in [3.63, 3.8) is 0 Å². The molecule has 15 heavy (non-hydrogen) atoms. The highest BCUT2D eigenvalue weighted by Crippen LogP contribution is 2.20. The van der Waals surface area contributed by atoms with E-state index in [1.165, 1.54) is 0 Å². The summed E-state index contributed by atoms with van der Waals surface area (Å²) in [7, 11) is 0. The number of thioether (sulfide) groups is 1. The number of benzene rings is 1. The van der Waals surface area contributed by atoms with Crippen molar-refractivity contribution in [3.05, 3.63) is 28.2 Å². The second-order valence-electron chi connectivity index (χ2n) is 2.93. The Balaban J connectivity index is 2.59. The minimum atomic E-state index is 0.694. The Morgan fingerprint density at radius 2 is 2.33 bits per heavy atom. The molecule has 0 aliphatic heterocycles. The molecule has 0 heterocycles. The van der Waals surface area contributed by atoms with Gasteiger partial charge in [-0.15, -0.1) is 0 Å². The predicted octanol–water partition coefficient (Wildman–Crippen LogP) is 3.49. The fourth-order valence-electron chi connectivity index (χ4n) is 1.16. The number of rotatable bonds is 5. The van der Waals surface area contributed by atoms with Crippen LogP contribution in [0.4, 0.5) is 5.69 Å². The zero-order chi connectivity index (χ0) is 11.1. The van der Waals surface area contributed by atoms with Crippen LogP contribution in [-0.4, -0.2) is 18.1 Å². The molecule has 1 aromatic carbocycles. The maximum absolute atomic E-state index is 8.90. The van der Waals surface area contributed by atoms with E-state index in [0.29, 0.717) is 5.56 Å². The molecule has 1 aromatic rings. The summed E-state index contributed by atoms with van der Waals surface area (Å²) in [6, 6.07) is 7.81. The van der Waals surface area contributed by atoms with Gasteiger partial charge in [0.1, 0.15) is 6.07 Å².